The van der Waals surface area contributed by atoms with Gasteiger partial charge in [-0.3, -0.25) is 0 Å². The van der Waals surface area contributed by atoms with Gasteiger partial charge >= 0.3 is 0 Å². The number of nitrogens with one attached hydrogen (secondary N) is 1. The molecule has 4 rings (SSSR count). The van der Waals surface area contributed by atoms with Crippen LogP contribution in [0.1, 0.15) is 32.1 Å². The van der Waals surface area contributed by atoms with Gasteiger partial charge in [0.2, 0.25) is 0 Å². The predicted octanol–water partition coefficient (Wildman–Crippen LogP) is 2.81. The van der Waals surface area contributed by atoms with E-state index in [1.807, 2.05) is 0 Å². The Morgan fingerprint density at radius 2 is 2.05 bits per heavy atom. The van der Waals surface area contributed by atoms with Crippen molar-refractivity contribution in [3.63, 3.8) is 0 Å². The van der Waals surface area contributed by atoms with E-state index >= 15 is 0 Å². The van der Waals surface area contributed by atoms with E-state index in [4.69, 9.17) is 4.74 Å². The normalized spacial score (nSPS) is 29.1. The second kappa shape index (κ2) is 5.28. The molecule has 1 aromatic rings. The van der Waals surface area contributed by atoms with Crippen molar-refractivity contribution in [2.45, 2.75) is 44.2 Å². The zero-order valence-corrected chi connectivity index (χ0v) is 12.1. The molecule has 3 nitrogen and oxygen atoms in total. The first-order chi connectivity index (χ1) is 9.92. The molecule has 3 heteroatoms. The number of anilines is 1. The number of hydrogen-bond donors (Lipinski definition) is 1. The largest absolute Gasteiger partial charge is 0.491 e. The van der Waals surface area contributed by atoms with Crippen molar-refractivity contribution in [1.82, 2.24) is 5.32 Å². The van der Waals surface area contributed by atoms with Crippen molar-refractivity contribution < 1.29 is 4.74 Å². The Morgan fingerprint density at radius 3 is 2.85 bits per heavy atom. The maximum Gasteiger partial charge on any atom is 0.142 e. The van der Waals surface area contributed by atoms with Gasteiger partial charge in [-0.1, -0.05) is 12.1 Å². The van der Waals surface area contributed by atoms with E-state index in [1.54, 1.807) is 0 Å². The monoisotopic (exact) mass is 272 g/mol. The average molecular weight is 272 g/mol. The summed E-state index contributed by atoms with van der Waals surface area (Å²) >= 11 is 0. The van der Waals surface area contributed by atoms with Gasteiger partial charge in [0, 0.05) is 25.2 Å². The summed E-state index contributed by atoms with van der Waals surface area (Å²) in [6, 6.07) is 10.1. The van der Waals surface area contributed by atoms with E-state index in [9.17, 15) is 0 Å². The molecule has 1 heterocycles. The van der Waals surface area contributed by atoms with Gasteiger partial charge in [0.25, 0.3) is 0 Å². The Hall–Kier alpha value is -1.22. The van der Waals surface area contributed by atoms with Crippen LogP contribution in [0.5, 0.6) is 5.75 Å². The van der Waals surface area contributed by atoms with Crippen LogP contribution in [0.3, 0.4) is 0 Å². The van der Waals surface area contributed by atoms with E-state index < -0.39 is 0 Å². The highest BCUT2D eigenvalue weighted by atomic mass is 16.5. The summed E-state index contributed by atoms with van der Waals surface area (Å²) in [5.74, 6) is 1.90. The topological polar surface area (TPSA) is 24.5 Å². The molecule has 0 spiro atoms. The lowest BCUT2D eigenvalue weighted by atomic mass is 9.78. The van der Waals surface area contributed by atoms with Crippen LogP contribution in [0.2, 0.25) is 0 Å². The molecule has 108 valence electrons. The van der Waals surface area contributed by atoms with Crippen molar-refractivity contribution >= 4 is 5.69 Å². The number of benzene rings is 1. The molecule has 1 aliphatic heterocycles. The highest BCUT2D eigenvalue weighted by Gasteiger charge is 2.37. The van der Waals surface area contributed by atoms with Crippen LogP contribution < -0.4 is 15.0 Å². The number of fused-ring (bicyclic) bond motifs is 1. The van der Waals surface area contributed by atoms with Crippen molar-refractivity contribution in [1.29, 1.82) is 0 Å². The van der Waals surface area contributed by atoms with Gasteiger partial charge in [-0.25, -0.2) is 0 Å². The minimum absolute atomic E-state index is 0.712. The SMILES string of the molecule is c1ccc2c(c1)OCCCN2C1CCC1CNC1CC1. The van der Waals surface area contributed by atoms with Crippen LogP contribution in [-0.2, 0) is 0 Å². The second-order valence-corrected chi connectivity index (χ2v) is 6.45. The first-order valence-electron chi connectivity index (χ1n) is 8.13. The second-order valence-electron chi connectivity index (χ2n) is 6.45. The van der Waals surface area contributed by atoms with Crippen LogP contribution in [0.15, 0.2) is 24.3 Å². The van der Waals surface area contributed by atoms with Gasteiger partial charge < -0.3 is 15.0 Å². The number of ether oxygens (including phenoxy) is 1. The lowest BCUT2D eigenvalue weighted by molar-refractivity contribution is 0.233. The summed E-state index contributed by atoms with van der Waals surface area (Å²) in [7, 11) is 0. The molecule has 2 aliphatic carbocycles. The first-order valence-corrected chi connectivity index (χ1v) is 8.13. The fourth-order valence-electron chi connectivity index (χ4n) is 3.50. The zero-order valence-electron chi connectivity index (χ0n) is 12.1. The van der Waals surface area contributed by atoms with Gasteiger partial charge in [-0.15, -0.1) is 0 Å². The zero-order chi connectivity index (χ0) is 13.4. The van der Waals surface area contributed by atoms with Crippen molar-refractivity contribution in [2.24, 2.45) is 5.92 Å². The van der Waals surface area contributed by atoms with E-state index in [-0.39, 0.29) is 0 Å². The van der Waals surface area contributed by atoms with Gasteiger partial charge in [-0.05, 0) is 50.2 Å². The lowest BCUT2D eigenvalue weighted by Gasteiger charge is -2.45. The van der Waals surface area contributed by atoms with Crippen LogP contribution in [0, 0.1) is 5.92 Å². The fourth-order valence-corrected chi connectivity index (χ4v) is 3.50. The molecule has 2 fully saturated rings. The molecular formula is C17H24N2O. The third-order valence-electron chi connectivity index (χ3n) is 5.00. The maximum absolute atomic E-state index is 5.88. The Labute approximate surface area is 121 Å². The Kier molecular flexibility index (Phi) is 3.31. The van der Waals surface area contributed by atoms with Crippen LogP contribution in [0.4, 0.5) is 5.69 Å². The Bertz CT molecular complexity index is 472. The summed E-state index contributed by atoms with van der Waals surface area (Å²) in [6.07, 6.45) is 6.62. The Balaban J connectivity index is 1.49. The molecule has 2 unspecified atom stereocenters. The van der Waals surface area contributed by atoms with E-state index in [0.717, 1.165) is 37.3 Å². The highest BCUT2D eigenvalue weighted by molar-refractivity contribution is 5.60. The van der Waals surface area contributed by atoms with E-state index in [2.05, 4.69) is 34.5 Å². The van der Waals surface area contributed by atoms with Crippen molar-refractivity contribution in [3.05, 3.63) is 24.3 Å². The third-order valence-corrected chi connectivity index (χ3v) is 5.00. The summed E-state index contributed by atoms with van der Waals surface area (Å²) in [5, 5.41) is 3.71. The predicted molar refractivity (Wildman–Crippen MR) is 81.4 cm³/mol. The molecule has 1 N–H and O–H groups in total. The average Bonchev–Trinajstić information content (AvgIpc) is 3.26. The molecule has 0 radical (unpaired) electrons. The van der Waals surface area contributed by atoms with Crippen molar-refractivity contribution in [3.8, 4) is 5.75 Å². The van der Waals surface area contributed by atoms with Gasteiger partial charge in [0.05, 0.1) is 12.3 Å². The van der Waals surface area contributed by atoms with E-state index in [1.165, 1.54) is 37.9 Å². The number of para-hydroxylation sites is 2. The van der Waals surface area contributed by atoms with Crippen LogP contribution in [-0.4, -0.2) is 31.8 Å². The molecule has 0 bridgehead atoms. The molecule has 0 saturated heterocycles. The molecular weight excluding hydrogens is 248 g/mol. The smallest absolute Gasteiger partial charge is 0.142 e. The summed E-state index contributed by atoms with van der Waals surface area (Å²) in [4.78, 5) is 2.62. The molecule has 0 amide bonds. The Morgan fingerprint density at radius 1 is 1.15 bits per heavy atom. The molecule has 1 aromatic carbocycles. The number of rotatable bonds is 4. The molecule has 2 atom stereocenters. The van der Waals surface area contributed by atoms with Gasteiger partial charge in [0.15, 0.2) is 0 Å². The van der Waals surface area contributed by atoms with Gasteiger partial charge in [0.1, 0.15) is 5.75 Å². The number of hydrogen-bond acceptors (Lipinski definition) is 3. The lowest BCUT2D eigenvalue weighted by Crippen LogP contribution is -2.51. The molecule has 2 saturated carbocycles. The molecule has 0 aromatic heterocycles. The molecule has 3 aliphatic rings. The minimum atomic E-state index is 0.712. The molecule has 20 heavy (non-hydrogen) atoms. The summed E-state index contributed by atoms with van der Waals surface area (Å²) in [5.41, 5.74) is 1.31. The van der Waals surface area contributed by atoms with E-state index in [0.29, 0.717) is 6.04 Å². The highest BCUT2D eigenvalue weighted by Crippen LogP contribution is 2.40. The number of nitrogens with zero attached hydrogens (tertiary/aromatic N) is 1. The maximum atomic E-state index is 5.88. The van der Waals surface area contributed by atoms with Gasteiger partial charge in [-0.2, -0.15) is 0 Å². The van der Waals surface area contributed by atoms with Crippen LogP contribution >= 0.6 is 0 Å². The first kappa shape index (κ1) is 12.5. The third kappa shape index (κ3) is 2.39. The standard InChI is InChI=1S/C17H24N2O/c1-2-5-17-16(4-1)19(10-3-11-20-17)15-9-6-13(15)12-18-14-7-8-14/h1-2,4-5,13-15,18H,3,6-12H2. The minimum Gasteiger partial charge on any atom is -0.491 e. The van der Waals surface area contributed by atoms with Crippen molar-refractivity contribution in [2.75, 3.05) is 24.6 Å². The fraction of sp³-hybridized carbons (Fsp3) is 0.647. The summed E-state index contributed by atoms with van der Waals surface area (Å²) in [6.45, 7) is 3.20. The summed E-state index contributed by atoms with van der Waals surface area (Å²) < 4.78 is 5.88. The quantitative estimate of drug-likeness (QED) is 0.912. The van der Waals surface area contributed by atoms with Crippen LogP contribution in [0.25, 0.3) is 0 Å².